The Morgan fingerprint density at radius 1 is 0.282 bits per heavy atom. The van der Waals surface area contributed by atoms with Gasteiger partial charge < -0.3 is 12.8 Å². The van der Waals surface area contributed by atoms with E-state index in [2.05, 4.69) is 256 Å². The van der Waals surface area contributed by atoms with Gasteiger partial charge in [-0.15, -0.1) is 23.3 Å². The molecule has 348 valence electrons. The number of fused-ring (bicyclic) bond motifs is 10. The van der Waals surface area contributed by atoms with Gasteiger partial charge in [-0.05, 0) is 102 Å². The number of hydrogen-bond donors (Lipinski definition) is 0. The van der Waals surface area contributed by atoms with Gasteiger partial charge >= 0.3 is 44.8 Å². The predicted octanol–water partition coefficient (Wildman–Crippen LogP) is 15.6. The van der Waals surface area contributed by atoms with E-state index in [1.807, 2.05) is 24.3 Å². The molecule has 0 radical (unpaired) electrons. The van der Waals surface area contributed by atoms with E-state index in [9.17, 15) is 0 Å². The molecular formula is C67H50Au2P2+2. The van der Waals surface area contributed by atoms with Crippen LogP contribution in [0.4, 0.5) is 0 Å². The second-order valence-corrected chi connectivity index (χ2v) is 24.6. The summed E-state index contributed by atoms with van der Waals surface area (Å²) in [7, 11) is -2.05. The van der Waals surface area contributed by atoms with Crippen molar-refractivity contribution in [3.8, 4) is 11.8 Å². The molecule has 0 aromatic heterocycles. The van der Waals surface area contributed by atoms with Crippen LogP contribution in [0.2, 0.25) is 0 Å². The summed E-state index contributed by atoms with van der Waals surface area (Å²) in [4.78, 5) is 0.154. The monoisotopic (exact) mass is 1310 g/mol. The van der Waals surface area contributed by atoms with Crippen molar-refractivity contribution in [2.75, 3.05) is 0 Å². The maximum absolute atomic E-state index is 7.56. The van der Waals surface area contributed by atoms with Crippen molar-refractivity contribution in [2.24, 2.45) is 0 Å². The molecular weight excluding hydrogens is 1260 g/mol. The molecule has 0 amide bonds. The zero-order valence-electron chi connectivity index (χ0n) is 39.4. The molecule has 4 heteroatoms. The molecule has 0 fully saturated rings. The van der Waals surface area contributed by atoms with Gasteiger partial charge in [0.2, 0.25) is 0 Å². The number of benzene rings is 12. The van der Waals surface area contributed by atoms with Gasteiger partial charge in [-0.2, -0.15) is 0 Å². The fraction of sp³-hybridized carbons (Fsp3) is 0.0448. The van der Waals surface area contributed by atoms with Gasteiger partial charge in [0, 0.05) is 13.8 Å². The fourth-order valence-corrected chi connectivity index (χ4v) is 18.6. The molecule has 71 heavy (non-hydrogen) atoms. The molecule has 0 aliphatic heterocycles. The first kappa shape index (κ1) is 51.0. The SMILES string of the molecule is CC(C)([PH+](c1ccccc1)c1ccccc1)[PH+](c1ccccc1)c1ccccc1.[Au+].[Au+].[C-]#Cc1cc2c3ccccc3ccc2c2ccccc12.[C-]#Cc1cc2c3ccccc3ccc2c2ccccc12. The molecule has 0 spiro atoms. The molecule has 12 aromatic carbocycles. The Kier molecular flexibility index (Phi) is 16.7. The Morgan fingerprint density at radius 2 is 0.535 bits per heavy atom. The summed E-state index contributed by atoms with van der Waals surface area (Å²) in [5, 5.41) is 20.3. The minimum absolute atomic E-state index is 0. The summed E-state index contributed by atoms with van der Waals surface area (Å²) in [6.45, 7) is 5.02. The van der Waals surface area contributed by atoms with Crippen LogP contribution in [-0.2, 0) is 44.8 Å². The second kappa shape index (κ2) is 23.3. The van der Waals surface area contributed by atoms with Crippen LogP contribution in [0.5, 0.6) is 0 Å². The maximum Gasteiger partial charge on any atom is 1.00 e. The van der Waals surface area contributed by atoms with Crippen LogP contribution >= 0.6 is 15.8 Å². The summed E-state index contributed by atoms with van der Waals surface area (Å²) in [6.07, 6.45) is 15.1. The molecule has 12 rings (SSSR count). The van der Waals surface area contributed by atoms with Crippen molar-refractivity contribution in [1.82, 2.24) is 0 Å². The summed E-state index contributed by atoms with van der Waals surface area (Å²) < 4.78 is 0. The fourth-order valence-electron chi connectivity index (χ4n) is 10.2. The second-order valence-electron chi connectivity index (χ2n) is 17.8. The van der Waals surface area contributed by atoms with E-state index < -0.39 is 15.8 Å². The van der Waals surface area contributed by atoms with Crippen LogP contribution in [-0.4, -0.2) is 4.90 Å². The third kappa shape index (κ3) is 10.5. The molecule has 12 aromatic rings. The first-order valence-electron chi connectivity index (χ1n) is 23.4. The van der Waals surface area contributed by atoms with Crippen molar-refractivity contribution in [1.29, 1.82) is 0 Å². The van der Waals surface area contributed by atoms with Crippen LogP contribution in [0.25, 0.3) is 64.6 Å². The van der Waals surface area contributed by atoms with Gasteiger partial charge in [0.25, 0.3) is 0 Å². The molecule has 0 unspecified atom stereocenters. The molecule has 0 atom stereocenters. The quantitative estimate of drug-likeness (QED) is 0.0512. The van der Waals surface area contributed by atoms with Gasteiger partial charge in [-0.3, -0.25) is 11.8 Å². The van der Waals surface area contributed by atoms with Crippen LogP contribution in [0.3, 0.4) is 0 Å². The van der Waals surface area contributed by atoms with Gasteiger partial charge in [0.15, 0.2) is 4.90 Å². The Labute approximate surface area is 452 Å². The average molecular weight is 1310 g/mol. The van der Waals surface area contributed by atoms with Crippen LogP contribution in [0.15, 0.2) is 255 Å². The third-order valence-electron chi connectivity index (χ3n) is 13.3. The topological polar surface area (TPSA) is 0 Å². The molecule has 0 bridgehead atoms. The van der Waals surface area contributed by atoms with E-state index in [0.717, 1.165) is 21.9 Å². The van der Waals surface area contributed by atoms with Crippen molar-refractivity contribution >= 4 is 102 Å². The van der Waals surface area contributed by atoms with E-state index >= 15 is 0 Å². The minimum atomic E-state index is -1.02. The molecule has 0 nitrogen and oxygen atoms in total. The van der Waals surface area contributed by atoms with E-state index in [1.54, 1.807) is 0 Å². The van der Waals surface area contributed by atoms with Gasteiger partial charge in [-0.25, -0.2) is 0 Å². The molecule has 0 saturated heterocycles. The summed E-state index contributed by atoms with van der Waals surface area (Å²) >= 11 is 0. The van der Waals surface area contributed by atoms with Crippen LogP contribution in [0.1, 0.15) is 25.0 Å². The largest absolute Gasteiger partial charge is 1.00 e. The minimum Gasteiger partial charge on any atom is -0.366 e. The predicted molar refractivity (Wildman–Crippen MR) is 305 cm³/mol. The Hall–Kier alpha value is -6.34. The Balaban J connectivity index is 0.000000144. The van der Waals surface area contributed by atoms with Gasteiger partial charge in [0.1, 0.15) is 37.1 Å². The van der Waals surface area contributed by atoms with E-state index in [4.69, 9.17) is 12.8 Å². The summed E-state index contributed by atoms with van der Waals surface area (Å²) in [5.41, 5.74) is 1.70. The molecule has 0 saturated carbocycles. The zero-order chi connectivity index (χ0) is 47.2. The van der Waals surface area contributed by atoms with Crippen LogP contribution in [0, 0.1) is 24.7 Å². The van der Waals surface area contributed by atoms with Crippen molar-refractivity contribution in [3.63, 3.8) is 0 Å². The van der Waals surface area contributed by atoms with Crippen LogP contribution < -0.4 is 21.2 Å². The van der Waals surface area contributed by atoms with Crippen molar-refractivity contribution < 1.29 is 44.8 Å². The van der Waals surface area contributed by atoms with Crippen molar-refractivity contribution in [2.45, 2.75) is 18.7 Å². The number of hydrogen-bond acceptors (Lipinski definition) is 0. The molecule has 0 N–H and O–H groups in total. The maximum atomic E-state index is 7.56. The normalized spacial score (nSPS) is 11.0. The Bertz CT molecular complexity index is 3510. The first-order valence-corrected chi connectivity index (χ1v) is 26.4. The van der Waals surface area contributed by atoms with Gasteiger partial charge in [0.05, 0.1) is 0 Å². The average Bonchev–Trinajstić information content (AvgIpc) is 3.41. The van der Waals surface area contributed by atoms with Gasteiger partial charge in [-0.1, -0.05) is 205 Å². The zero-order valence-corrected chi connectivity index (χ0v) is 45.7. The Morgan fingerprint density at radius 3 is 0.845 bits per heavy atom. The smallest absolute Gasteiger partial charge is 0.366 e. The van der Waals surface area contributed by atoms with E-state index in [-0.39, 0.29) is 49.7 Å². The van der Waals surface area contributed by atoms with E-state index in [1.165, 1.54) is 75.1 Å². The number of rotatable bonds is 6. The first-order chi connectivity index (χ1) is 33.9. The van der Waals surface area contributed by atoms with E-state index in [0.29, 0.717) is 0 Å². The standard InChI is InChI=1S/C27H26P2.2C20H11.2Au/c1-27(2,28(23-15-7-3-8-16-23)24-17-9-4-10-18-24)29(25-19-11-5-12-20-25)26-21-13-6-14-22-26;2*1-2-14-13-20-17-9-4-3-7-15(17)11-12-19(20)18-10-6-5-8-16(14)18;;/h3-22H,1-2H3;2*3-13H;;/q;2*-1;2*+1/p+2. The third-order valence-corrected chi connectivity index (χ3v) is 20.9. The van der Waals surface area contributed by atoms with Crippen molar-refractivity contribution in [3.05, 3.63) is 279 Å². The molecule has 0 aliphatic rings. The summed E-state index contributed by atoms with van der Waals surface area (Å²) in [5.74, 6) is 5.15. The molecule has 0 aliphatic carbocycles. The molecule has 0 heterocycles. The summed E-state index contributed by atoms with van der Waals surface area (Å²) in [6, 6.07) is 90.7.